The Kier molecular flexibility index (Phi) is 11.5. The number of aryl methyl sites for hydroxylation is 2. The van der Waals surface area contributed by atoms with Gasteiger partial charge in [-0.25, -0.2) is 16.8 Å². The van der Waals surface area contributed by atoms with Crippen LogP contribution in [0.3, 0.4) is 0 Å². The number of unbranched alkanes of at least 4 members (excludes halogenated alkanes) is 3. The van der Waals surface area contributed by atoms with Crippen molar-refractivity contribution in [3.05, 3.63) is 131 Å². The van der Waals surface area contributed by atoms with Crippen molar-refractivity contribution in [1.29, 1.82) is 0 Å². The molecule has 10 heteroatoms. The molecule has 44 heavy (non-hydrogen) atoms. The summed E-state index contributed by atoms with van der Waals surface area (Å²) in [5.41, 5.74) is 3.34. The van der Waals surface area contributed by atoms with Crippen molar-refractivity contribution in [1.82, 2.24) is 9.44 Å². The lowest BCUT2D eigenvalue weighted by molar-refractivity contribution is 0.590. The van der Waals surface area contributed by atoms with Crippen LogP contribution in [0.25, 0.3) is 0 Å². The summed E-state index contributed by atoms with van der Waals surface area (Å²) in [5, 5.41) is 0. The minimum Gasteiger partial charge on any atom is -0.267 e. The van der Waals surface area contributed by atoms with Gasteiger partial charge in [-0.2, -0.15) is 0 Å². The van der Waals surface area contributed by atoms with Gasteiger partial charge in [0.15, 0.2) is 0 Å². The minimum atomic E-state index is -3.79. The SMILES string of the molecule is Cc1ccc(S(=O)(=O)NC(=NCCCCCCN=C(NS(=O)(=O)c2ccc(C)cc2)c2ccccc2)c2ccccc2)cc1. The highest BCUT2D eigenvalue weighted by Gasteiger charge is 2.18. The second-order valence-electron chi connectivity index (χ2n) is 10.4. The number of hydrogen-bond donors (Lipinski definition) is 2. The first-order valence-electron chi connectivity index (χ1n) is 14.5. The Labute approximate surface area is 261 Å². The van der Waals surface area contributed by atoms with Gasteiger partial charge >= 0.3 is 0 Å². The van der Waals surface area contributed by atoms with Crippen molar-refractivity contribution in [2.45, 2.75) is 49.3 Å². The number of aliphatic imine (C=N–C) groups is 2. The number of hydrogen-bond acceptors (Lipinski definition) is 6. The van der Waals surface area contributed by atoms with Gasteiger partial charge < -0.3 is 0 Å². The van der Waals surface area contributed by atoms with Crippen molar-refractivity contribution < 1.29 is 16.8 Å². The maximum absolute atomic E-state index is 13.0. The van der Waals surface area contributed by atoms with Crippen LogP contribution >= 0.6 is 0 Å². The predicted molar refractivity (Wildman–Crippen MR) is 177 cm³/mol. The standard InChI is InChI=1S/C34H38N4O4S2/c1-27-17-21-31(22-18-27)43(39,40)37-33(29-13-7-5-8-14-29)35-25-11-3-4-12-26-36-34(30-15-9-6-10-16-30)38-44(41,42)32-23-19-28(2)20-24-32/h5-10,13-24H,3-4,11-12,25-26H2,1-2H3,(H,35,37)(H,36,38). The van der Waals surface area contributed by atoms with Gasteiger partial charge in [-0.1, -0.05) is 109 Å². The molecule has 0 amide bonds. The molecule has 4 aromatic carbocycles. The Bertz CT molecular complexity index is 1640. The quantitative estimate of drug-likeness (QED) is 0.107. The van der Waals surface area contributed by atoms with Crippen molar-refractivity contribution in [3.63, 3.8) is 0 Å². The summed E-state index contributed by atoms with van der Waals surface area (Å²) in [4.78, 5) is 9.58. The molecule has 0 radical (unpaired) electrons. The fraction of sp³-hybridized carbons (Fsp3) is 0.235. The maximum Gasteiger partial charge on any atom is 0.263 e. The van der Waals surface area contributed by atoms with E-state index in [0.717, 1.165) is 36.8 Å². The molecule has 0 saturated carbocycles. The first kappa shape index (κ1) is 32.6. The van der Waals surface area contributed by atoms with Gasteiger partial charge in [0.05, 0.1) is 9.79 Å². The third-order valence-electron chi connectivity index (χ3n) is 6.83. The number of nitrogens with one attached hydrogen (secondary N) is 2. The first-order valence-corrected chi connectivity index (χ1v) is 17.5. The van der Waals surface area contributed by atoms with E-state index < -0.39 is 20.0 Å². The third kappa shape index (κ3) is 9.62. The highest BCUT2D eigenvalue weighted by Crippen LogP contribution is 2.14. The molecule has 0 unspecified atom stereocenters. The molecule has 0 atom stereocenters. The Morgan fingerprint density at radius 1 is 0.500 bits per heavy atom. The Hall–Kier alpha value is -4.28. The van der Waals surface area contributed by atoms with E-state index in [9.17, 15) is 16.8 Å². The molecule has 0 aliphatic carbocycles. The van der Waals surface area contributed by atoms with E-state index in [1.807, 2.05) is 74.5 Å². The highest BCUT2D eigenvalue weighted by molar-refractivity contribution is 7.90. The van der Waals surface area contributed by atoms with Crippen LogP contribution in [0, 0.1) is 13.8 Å². The molecule has 0 aliphatic heterocycles. The monoisotopic (exact) mass is 630 g/mol. The smallest absolute Gasteiger partial charge is 0.263 e. The molecular weight excluding hydrogens is 593 g/mol. The number of sulfonamides is 2. The van der Waals surface area contributed by atoms with E-state index in [-0.39, 0.29) is 9.79 Å². The largest absolute Gasteiger partial charge is 0.267 e. The van der Waals surface area contributed by atoms with Crippen molar-refractivity contribution in [3.8, 4) is 0 Å². The number of nitrogens with zero attached hydrogens (tertiary/aromatic N) is 2. The lowest BCUT2D eigenvalue weighted by Crippen LogP contribution is -2.31. The van der Waals surface area contributed by atoms with Crippen LogP contribution in [0.15, 0.2) is 129 Å². The van der Waals surface area contributed by atoms with Crippen LogP contribution in [0.5, 0.6) is 0 Å². The van der Waals surface area contributed by atoms with Crippen LogP contribution in [0.4, 0.5) is 0 Å². The average Bonchev–Trinajstić information content (AvgIpc) is 3.02. The molecule has 0 heterocycles. The zero-order valence-corrected chi connectivity index (χ0v) is 26.6. The van der Waals surface area contributed by atoms with Crippen molar-refractivity contribution in [2.75, 3.05) is 13.1 Å². The van der Waals surface area contributed by atoms with E-state index in [1.54, 1.807) is 48.5 Å². The van der Waals surface area contributed by atoms with Gasteiger partial charge in [0, 0.05) is 24.2 Å². The molecule has 0 aliphatic rings. The molecule has 0 fully saturated rings. The fourth-order valence-electron chi connectivity index (χ4n) is 4.32. The topological polar surface area (TPSA) is 117 Å². The van der Waals surface area contributed by atoms with Crippen molar-refractivity contribution >= 4 is 31.7 Å². The van der Waals surface area contributed by atoms with Gasteiger partial charge in [-0.3, -0.25) is 19.4 Å². The van der Waals surface area contributed by atoms with E-state index in [2.05, 4.69) is 19.4 Å². The third-order valence-corrected chi connectivity index (χ3v) is 9.53. The Morgan fingerprint density at radius 3 is 1.18 bits per heavy atom. The molecular formula is C34H38N4O4S2. The van der Waals surface area contributed by atoms with Gasteiger partial charge in [-0.15, -0.1) is 0 Å². The highest BCUT2D eigenvalue weighted by atomic mass is 32.2. The molecule has 0 spiro atoms. The van der Waals surface area contributed by atoms with E-state index in [4.69, 9.17) is 0 Å². The number of benzene rings is 4. The molecule has 230 valence electrons. The summed E-state index contributed by atoms with van der Waals surface area (Å²) >= 11 is 0. The molecule has 0 aromatic heterocycles. The van der Waals surface area contributed by atoms with Crippen LogP contribution in [-0.4, -0.2) is 41.6 Å². The lowest BCUT2D eigenvalue weighted by Gasteiger charge is -2.12. The number of rotatable bonds is 13. The lowest BCUT2D eigenvalue weighted by atomic mass is 10.2. The maximum atomic E-state index is 13.0. The van der Waals surface area contributed by atoms with Gasteiger partial charge in [-0.05, 0) is 51.0 Å². The molecule has 4 rings (SSSR count). The predicted octanol–water partition coefficient (Wildman–Crippen LogP) is 6.01. The Balaban J connectivity index is 1.34. The van der Waals surface area contributed by atoms with Crippen molar-refractivity contribution in [2.24, 2.45) is 9.98 Å². The summed E-state index contributed by atoms with van der Waals surface area (Å²) in [7, 11) is -7.57. The molecule has 2 N–H and O–H groups in total. The summed E-state index contributed by atoms with van der Waals surface area (Å²) < 4.78 is 57.4. The zero-order valence-electron chi connectivity index (χ0n) is 25.0. The summed E-state index contributed by atoms with van der Waals surface area (Å²) in [6, 6.07) is 31.8. The number of amidine groups is 2. The van der Waals surface area contributed by atoms with Crippen LogP contribution in [0.2, 0.25) is 0 Å². The normalized spacial score (nSPS) is 12.6. The average molecular weight is 631 g/mol. The summed E-state index contributed by atoms with van der Waals surface area (Å²) in [5.74, 6) is 0.619. The van der Waals surface area contributed by atoms with Gasteiger partial charge in [0.25, 0.3) is 20.0 Å². The van der Waals surface area contributed by atoms with E-state index in [0.29, 0.717) is 35.9 Å². The van der Waals surface area contributed by atoms with Crippen LogP contribution in [-0.2, 0) is 20.0 Å². The minimum absolute atomic E-state index is 0.184. The zero-order chi connectivity index (χ0) is 31.4. The molecule has 0 saturated heterocycles. The van der Waals surface area contributed by atoms with E-state index in [1.165, 1.54) is 0 Å². The van der Waals surface area contributed by atoms with Crippen LogP contribution < -0.4 is 9.44 Å². The molecule has 8 nitrogen and oxygen atoms in total. The molecule has 0 bridgehead atoms. The van der Waals surface area contributed by atoms with E-state index >= 15 is 0 Å². The van der Waals surface area contributed by atoms with Gasteiger partial charge in [0.2, 0.25) is 0 Å². The summed E-state index contributed by atoms with van der Waals surface area (Å²) in [6.07, 6.45) is 3.25. The first-order chi connectivity index (χ1) is 21.1. The van der Waals surface area contributed by atoms with Crippen LogP contribution in [0.1, 0.15) is 47.9 Å². The second kappa shape index (κ2) is 15.4. The Morgan fingerprint density at radius 2 is 0.841 bits per heavy atom. The summed E-state index contributed by atoms with van der Waals surface area (Å²) in [6.45, 7) is 4.72. The fourth-order valence-corrected chi connectivity index (χ4v) is 6.42. The molecule has 4 aromatic rings. The van der Waals surface area contributed by atoms with Gasteiger partial charge in [0.1, 0.15) is 11.7 Å². The second-order valence-corrected chi connectivity index (χ2v) is 13.8.